The van der Waals surface area contributed by atoms with Gasteiger partial charge in [0.05, 0.1) is 0 Å². The Balaban J connectivity index is 0.00000144. The fourth-order valence-corrected chi connectivity index (χ4v) is 2.15. The highest BCUT2D eigenvalue weighted by molar-refractivity contribution is 5.85. The first-order valence-electron chi connectivity index (χ1n) is 5.89. The maximum Gasteiger partial charge on any atom is 0.126 e. The molecule has 1 N–H and O–H groups in total. The van der Waals surface area contributed by atoms with Crippen LogP contribution in [-0.2, 0) is 0 Å². The Morgan fingerprint density at radius 1 is 1.29 bits per heavy atom. The van der Waals surface area contributed by atoms with Crippen LogP contribution < -0.4 is 5.32 Å². The number of rotatable bonds is 2. The number of aryl methyl sites for hydroxylation is 1. The molecule has 0 saturated carbocycles. The summed E-state index contributed by atoms with van der Waals surface area (Å²) in [5.74, 6) is -0.0977. The molecule has 0 bridgehead atoms. The van der Waals surface area contributed by atoms with Gasteiger partial charge in [-0.25, -0.2) is 4.39 Å². The SMILES string of the molecule is Cc1ccc([C@H](C)N2CCNCC2)cc1F.Cl. The van der Waals surface area contributed by atoms with Crippen LogP contribution in [0.4, 0.5) is 4.39 Å². The predicted molar refractivity (Wildman–Crippen MR) is 71.2 cm³/mol. The molecule has 0 aromatic heterocycles. The smallest absolute Gasteiger partial charge is 0.126 e. The molecule has 2 rings (SSSR count). The lowest BCUT2D eigenvalue weighted by molar-refractivity contribution is 0.185. The van der Waals surface area contributed by atoms with Gasteiger partial charge in [-0.3, -0.25) is 4.90 Å². The Hall–Kier alpha value is -0.640. The van der Waals surface area contributed by atoms with Gasteiger partial charge in [0, 0.05) is 32.2 Å². The summed E-state index contributed by atoms with van der Waals surface area (Å²) in [4.78, 5) is 2.39. The molecule has 1 aliphatic rings. The van der Waals surface area contributed by atoms with Gasteiger partial charge >= 0.3 is 0 Å². The fourth-order valence-electron chi connectivity index (χ4n) is 2.15. The topological polar surface area (TPSA) is 15.3 Å². The fraction of sp³-hybridized carbons (Fsp3) is 0.538. The average molecular weight is 259 g/mol. The standard InChI is InChI=1S/C13H19FN2.ClH/c1-10-3-4-12(9-13(10)14)11(2)16-7-5-15-6-8-16;/h3-4,9,11,15H,5-8H2,1-2H3;1H/t11-;/m0./s1. The van der Waals surface area contributed by atoms with Crippen molar-refractivity contribution in [2.24, 2.45) is 0 Å². The molecule has 17 heavy (non-hydrogen) atoms. The Bertz CT molecular complexity index is 364. The Labute approximate surface area is 109 Å². The second-order valence-electron chi connectivity index (χ2n) is 4.47. The number of hydrogen-bond acceptors (Lipinski definition) is 2. The second-order valence-corrected chi connectivity index (χ2v) is 4.47. The molecule has 0 radical (unpaired) electrons. The summed E-state index contributed by atoms with van der Waals surface area (Å²) in [6.07, 6.45) is 0. The van der Waals surface area contributed by atoms with E-state index < -0.39 is 0 Å². The lowest BCUT2D eigenvalue weighted by Gasteiger charge is -2.33. The Morgan fingerprint density at radius 3 is 2.53 bits per heavy atom. The molecule has 1 aliphatic heterocycles. The lowest BCUT2D eigenvalue weighted by atomic mass is 10.0. The van der Waals surface area contributed by atoms with Crippen LogP contribution in [0.2, 0.25) is 0 Å². The van der Waals surface area contributed by atoms with Gasteiger partial charge in [0.15, 0.2) is 0 Å². The van der Waals surface area contributed by atoms with E-state index in [0.29, 0.717) is 6.04 Å². The molecule has 1 fully saturated rings. The van der Waals surface area contributed by atoms with Crippen LogP contribution in [0.1, 0.15) is 24.1 Å². The molecule has 96 valence electrons. The van der Waals surface area contributed by atoms with Crippen molar-refractivity contribution in [1.29, 1.82) is 0 Å². The summed E-state index contributed by atoms with van der Waals surface area (Å²) in [5.41, 5.74) is 1.79. The van der Waals surface area contributed by atoms with E-state index in [2.05, 4.69) is 17.1 Å². The maximum atomic E-state index is 13.5. The van der Waals surface area contributed by atoms with Gasteiger partial charge in [-0.15, -0.1) is 12.4 Å². The first-order chi connectivity index (χ1) is 7.68. The third kappa shape index (κ3) is 3.41. The van der Waals surface area contributed by atoms with E-state index in [-0.39, 0.29) is 18.2 Å². The number of hydrogen-bond donors (Lipinski definition) is 1. The zero-order valence-electron chi connectivity index (χ0n) is 10.4. The van der Waals surface area contributed by atoms with Gasteiger partial charge < -0.3 is 5.32 Å². The minimum absolute atomic E-state index is 0. The first kappa shape index (κ1) is 14.4. The largest absolute Gasteiger partial charge is 0.314 e. The van der Waals surface area contributed by atoms with Crippen molar-refractivity contribution in [3.8, 4) is 0 Å². The van der Waals surface area contributed by atoms with Crippen molar-refractivity contribution < 1.29 is 4.39 Å². The van der Waals surface area contributed by atoms with Crippen LogP contribution in [0.25, 0.3) is 0 Å². The quantitative estimate of drug-likeness (QED) is 0.877. The summed E-state index contributed by atoms with van der Waals surface area (Å²) in [6.45, 7) is 8.08. The van der Waals surface area contributed by atoms with E-state index in [1.807, 2.05) is 12.1 Å². The van der Waals surface area contributed by atoms with Crippen molar-refractivity contribution >= 4 is 12.4 Å². The monoisotopic (exact) mass is 258 g/mol. The highest BCUT2D eigenvalue weighted by Crippen LogP contribution is 2.22. The van der Waals surface area contributed by atoms with Gasteiger partial charge in [0.25, 0.3) is 0 Å². The highest BCUT2D eigenvalue weighted by Gasteiger charge is 2.18. The van der Waals surface area contributed by atoms with Crippen LogP contribution in [-0.4, -0.2) is 31.1 Å². The molecular formula is C13H20ClFN2. The van der Waals surface area contributed by atoms with E-state index in [9.17, 15) is 4.39 Å². The van der Waals surface area contributed by atoms with Crippen LogP contribution in [0.5, 0.6) is 0 Å². The van der Waals surface area contributed by atoms with E-state index in [0.717, 1.165) is 37.3 Å². The minimum atomic E-state index is -0.0977. The van der Waals surface area contributed by atoms with E-state index >= 15 is 0 Å². The van der Waals surface area contributed by atoms with Crippen LogP contribution >= 0.6 is 12.4 Å². The molecule has 0 spiro atoms. The number of nitrogens with one attached hydrogen (secondary N) is 1. The number of nitrogens with zero attached hydrogens (tertiary/aromatic N) is 1. The molecular weight excluding hydrogens is 239 g/mol. The first-order valence-corrected chi connectivity index (χ1v) is 5.89. The van der Waals surface area contributed by atoms with E-state index in [1.54, 1.807) is 13.0 Å². The summed E-state index contributed by atoms with van der Waals surface area (Å²) in [5, 5.41) is 3.33. The van der Waals surface area contributed by atoms with Gasteiger partial charge in [-0.05, 0) is 31.0 Å². The highest BCUT2D eigenvalue weighted by atomic mass is 35.5. The van der Waals surface area contributed by atoms with Crippen LogP contribution in [0.3, 0.4) is 0 Å². The summed E-state index contributed by atoms with van der Waals surface area (Å²) >= 11 is 0. The zero-order valence-corrected chi connectivity index (χ0v) is 11.2. The molecule has 0 unspecified atom stereocenters. The molecule has 0 aliphatic carbocycles. The van der Waals surface area contributed by atoms with Crippen molar-refractivity contribution in [3.63, 3.8) is 0 Å². The summed E-state index contributed by atoms with van der Waals surface area (Å²) in [7, 11) is 0. The zero-order chi connectivity index (χ0) is 11.5. The predicted octanol–water partition coefficient (Wildman–Crippen LogP) is 2.52. The Kier molecular flexibility index (Phi) is 5.37. The van der Waals surface area contributed by atoms with Gasteiger partial charge in [-0.2, -0.15) is 0 Å². The lowest BCUT2D eigenvalue weighted by Crippen LogP contribution is -2.44. The van der Waals surface area contributed by atoms with Crippen molar-refractivity contribution in [3.05, 3.63) is 35.1 Å². The Morgan fingerprint density at radius 2 is 1.94 bits per heavy atom. The average Bonchev–Trinajstić information content (AvgIpc) is 2.33. The van der Waals surface area contributed by atoms with Crippen molar-refractivity contribution in [2.75, 3.05) is 26.2 Å². The number of benzene rings is 1. The van der Waals surface area contributed by atoms with Gasteiger partial charge in [0.2, 0.25) is 0 Å². The second kappa shape index (κ2) is 6.34. The maximum absolute atomic E-state index is 13.5. The van der Waals surface area contributed by atoms with E-state index in [4.69, 9.17) is 0 Å². The van der Waals surface area contributed by atoms with Crippen molar-refractivity contribution in [1.82, 2.24) is 10.2 Å². The molecule has 1 aromatic carbocycles. The van der Waals surface area contributed by atoms with Gasteiger partial charge in [0.1, 0.15) is 5.82 Å². The molecule has 1 atom stereocenters. The normalized spacial score (nSPS) is 18.5. The number of piperazine rings is 1. The van der Waals surface area contributed by atoms with E-state index in [1.165, 1.54) is 0 Å². The number of halogens is 2. The third-order valence-corrected chi connectivity index (χ3v) is 3.38. The molecule has 2 nitrogen and oxygen atoms in total. The molecule has 1 saturated heterocycles. The summed E-state index contributed by atoms with van der Waals surface area (Å²) < 4.78 is 13.5. The molecule has 1 heterocycles. The van der Waals surface area contributed by atoms with Crippen molar-refractivity contribution in [2.45, 2.75) is 19.9 Å². The molecule has 0 amide bonds. The summed E-state index contributed by atoms with van der Waals surface area (Å²) in [6, 6.07) is 5.87. The molecule has 4 heteroatoms. The molecule has 1 aromatic rings. The van der Waals surface area contributed by atoms with Crippen LogP contribution in [0.15, 0.2) is 18.2 Å². The minimum Gasteiger partial charge on any atom is -0.314 e. The van der Waals surface area contributed by atoms with Gasteiger partial charge in [-0.1, -0.05) is 12.1 Å². The third-order valence-electron chi connectivity index (χ3n) is 3.38. The van der Waals surface area contributed by atoms with Crippen LogP contribution in [0, 0.1) is 12.7 Å².